The summed E-state index contributed by atoms with van der Waals surface area (Å²) < 4.78 is 99.2. The molecule has 46 heavy (non-hydrogen) atoms. The van der Waals surface area contributed by atoms with Crippen LogP contribution in [0.1, 0.15) is 40.2 Å². The van der Waals surface area contributed by atoms with Gasteiger partial charge in [-0.05, 0) is 53.4 Å². The minimum Gasteiger partial charge on any atom is -0.341 e. The van der Waals surface area contributed by atoms with Crippen LogP contribution < -0.4 is 9.44 Å². The van der Waals surface area contributed by atoms with Crippen LogP contribution in [0.3, 0.4) is 0 Å². The normalized spacial score (nSPS) is 17.2. The van der Waals surface area contributed by atoms with Crippen LogP contribution >= 0.6 is 11.6 Å². The molecule has 1 amide bonds. The number of sulfonamides is 2. The fourth-order valence-electron chi connectivity index (χ4n) is 5.38. The van der Waals surface area contributed by atoms with Gasteiger partial charge in [-0.3, -0.25) is 9.52 Å². The van der Waals surface area contributed by atoms with Crippen molar-refractivity contribution in [1.82, 2.24) is 19.4 Å². The van der Waals surface area contributed by atoms with Gasteiger partial charge < -0.3 is 4.98 Å². The van der Waals surface area contributed by atoms with Crippen molar-refractivity contribution in [3.8, 4) is 11.1 Å². The van der Waals surface area contributed by atoms with Crippen molar-refractivity contribution in [2.24, 2.45) is 0 Å². The van der Waals surface area contributed by atoms with E-state index in [0.29, 0.717) is 28.2 Å². The van der Waals surface area contributed by atoms with E-state index < -0.39 is 53.9 Å². The largest absolute Gasteiger partial charge is 0.417 e. The van der Waals surface area contributed by atoms with Gasteiger partial charge in [0.1, 0.15) is 11.1 Å². The van der Waals surface area contributed by atoms with Crippen molar-refractivity contribution in [3.05, 3.63) is 119 Å². The predicted molar refractivity (Wildman–Crippen MR) is 166 cm³/mol. The molecule has 0 bridgehead atoms. The van der Waals surface area contributed by atoms with Crippen LogP contribution in [-0.4, -0.2) is 32.7 Å². The molecule has 238 valence electrons. The highest BCUT2D eigenvalue weighted by atomic mass is 35.5. The molecule has 2 atom stereocenters. The van der Waals surface area contributed by atoms with Gasteiger partial charge in [0.15, 0.2) is 0 Å². The molecular formula is C31H24ClF3N4O5S2. The summed E-state index contributed by atoms with van der Waals surface area (Å²) in [5.41, 5.74) is 0.759. The van der Waals surface area contributed by atoms with Crippen molar-refractivity contribution in [2.75, 3.05) is 0 Å². The van der Waals surface area contributed by atoms with Crippen LogP contribution in [0.4, 0.5) is 13.2 Å². The second-order valence-corrected chi connectivity index (χ2v) is 14.7. The summed E-state index contributed by atoms with van der Waals surface area (Å²) in [7, 11) is -8.44. The van der Waals surface area contributed by atoms with Gasteiger partial charge in [0.05, 0.1) is 34.0 Å². The Hall–Kier alpha value is -4.24. The Balaban J connectivity index is 1.36. The van der Waals surface area contributed by atoms with E-state index in [-0.39, 0.29) is 34.8 Å². The van der Waals surface area contributed by atoms with E-state index in [4.69, 9.17) is 11.6 Å². The van der Waals surface area contributed by atoms with E-state index in [0.717, 1.165) is 12.1 Å². The van der Waals surface area contributed by atoms with E-state index >= 15 is 0 Å². The molecule has 1 saturated heterocycles. The summed E-state index contributed by atoms with van der Waals surface area (Å²) in [5, 5.41) is -0.985. The van der Waals surface area contributed by atoms with Crippen LogP contribution in [0.15, 0.2) is 95.9 Å². The first-order valence-electron chi connectivity index (χ1n) is 13.8. The Kier molecular flexibility index (Phi) is 8.17. The number of nitrogens with one attached hydrogen (secondary N) is 3. The van der Waals surface area contributed by atoms with Gasteiger partial charge in [0.25, 0.3) is 0 Å². The summed E-state index contributed by atoms with van der Waals surface area (Å²) in [5.74, 6) is -0.396. The Morgan fingerprint density at radius 1 is 0.957 bits per heavy atom. The minimum atomic E-state index is -4.90. The highest BCUT2D eigenvalue weighted by molar-refractivity contribution is 7.90. The summed E-state index contributed by atoms with van der Waals surface area (Å²) in [4.78, 5) is 18.7. The van der Waals surface area contributed by atoms with Crippen LogP contribution in [-0.2, 0) is 37.4 Å². The summed E-state index contributed by atoms with van der Waals surface area (Å²) >= 11 is 6.17. The van der Waals surface area contributed by atoms with E-state index in [1.165, 1.54) is 30.3 Å². The molecule has 0 saturated carbocycles. The van der Waals surface area contributed by atoms with Crippen LogP contribution in [0.2, 0.25) is 5.02 Å². The summed E-state index contributed by atoms with van der Waals surface area (Å²) in [6.45, 7) is 0. The Bertz CT molecular complexity index is 2160. The molecule has 0 spiro atoms. The van der Waals surface area contributed by atoms with Crippen LogP contribution in [0.25, 0.3) is 22.2 Å². The quantitative estimate of drug-likeness (QED) is 0.181. The number of H-pyrrole nitrogens is 1. The van der Waals surface area contributed by atoms with Gasteiger partial charge >= 0.3 is 6.18 Å². The SMILES string of the molecule is O=C1CC(c2ccc(C[C@H](NS(=O)(=O)c3ccc(-c4ccccc4Cl)c(C(F)(F)F)c3)c3nc4ccccc4[nH]3)cc2)S(=O)(=O)N1. The molecule has 5 aromatic rings. The number of carbonyl (C=O) groups is 1. The molecule has 3 N–H and O–H groups in total. The predicted octanol–water partition coefficient (Wildman–Crippen LogP) is 6.06. The number of nitrogens with zero attached hydrogens (tertiary/aromatic N) is 1. The molecule has 1 aromatic heterocycles. The number of hydrogen-bond donors (Lipinski definition) is 3. The highest BCUT2D eigenvalue weighted by Gasteiger charge is 2.38. The molecule has 6 rings (SSSR count). The molecule has 1 aliphatic heterocycles. The van der Waals surface area contributed by atoms with E-state index in [2.05, 4.69) is 14.7 Å². The van der Waals surface area contributed by atoms with Gasteiger partial charge in [-0.2, -0.15) is 13.2 Å². The Labute approximate surface area is 266 Å². The third-order valence-corrected chi connectivity index (χ3v) is 11.1. The van der Waals surface area contributed by atoms with Gasteiger partial charge in [-0.25, -0.2) is 26.5 Å². The molecular weight excluding hydrogens is 665 g/mol. The molecule has 0 aliphatic carbocycles. The van der Waals surface area contributed by atoms with Crippen molar-refractivity contribution in [1.29, 1.82) is 0 Å². The number of fused-ring (bicyclic) bond motifs is 1. The molecule has 9 nitrogen and oxygen atoms in total. The third kappa shape index (κ3) is 6.38. The van der Waals surface area contributed by atoms with Crippen molar-refractivity contribution in [3.63, 3.8) is 0 Å². The van der Waals surface area contributed by atoms with Crippen molar-refractivity contribution >= 4 is 48.6 Å². The standard InChI is InChI=1S/C31H24ClF3N4O5S2/c32-24-6-2-1-5-22(24)21-14-13-20(16-23(21)31(33,34)35)45(41,42)38-27(30-36-25-7-3-4-8-26(25)37-30)15-18-9-11-19(12-10-18)28-17-29(40)39-46(28,43)44/h1-14,16,27-28,38H,15,17H2,(H,36,37)(H,39,40)/t27-,28?/m0/s1. The molecule has 1 fully saturated rings. The van der Waals surface area contributed by atoms with Crippen molar-refractivity contribution < 1.29 is 34.8 Å². The minimum absolute atomic E-state index is 0.00222. The van der Waals surface area contributed by atoms with Crippen LogP contribution in [0, 0.1) is 0 Å². The Morgan fingerprint density at radius 2 is 1.65 bits per heavy atom. The highest BCUT2D eigenvalue weighted by Crippen LogP contribution is 2.41. The number of aromatic nitrogens is 2. The second kappa shape index (κ2) is 11.8. The number of aromatic amines is 1. The zero-order valence-electron chi connectivity index (χ0n) is 23.5. The number of amides is 1. The molecule has 1 unspecified atom stereocenters. The monoisotopic (exact) mass is 688 g/mol. The second-order valence-electron chi connectivity index (χ2n) is 10.7. The zero-order chi connectivity index (χ0) is 32.9. The molecule has 2 heterocycles. The number of halogens is 4. The Morgan fingerprint density at radius 3 is 2.30 bits per heavy atom. The first-order valence-corrected chi connectivity index (χ1v) is 17.2. The summed E-state index contributed by atoms with van der Waals surface area (Å²) in [6, 6.07) is 20.8. The number of para-hydroxylation sites is 2. The number of hydrogen-bond acceptors (Lipinski definition) is 6. The first-order chi connectivity index (χ1) is 21.7. The van der Waals surface area contributed by atoms with Gasteiger partial charge in [-0.1, -0.05) is 72.3 Å². The first kappa shape index (κ1) is 31.7. The lowest BCUT2D eigenvalue weighted by Crippen LogP contribution is -2.31. The molecule has 1 aliphatic rings. The molecule has 0 radical (unpaired) electrons. The third-order valence-electron chi connectivity index (χ3n) is 7.60. The van der Waals surface area contributed by atoms with E-state index in [1.807, 2.05) is 4.72 Å². The molecule has 4 aromatic carbocycles. The number of benzene rings is 4. The topological polar surface area (TPSA) is 138 Å². The number of imidazole rings is 1. The van der Waals surface area contributed by atoms with E-state index in [9.17, 15) is 34.8 Å². The zero-order valence-corrected chi connectivity index (χ0v) is 25.9. The van der Waals surface area contributed by atoms with Gasteiger partial charge in [-0.15, -0.1) is 0 Å². The number of alkyl halides is 3. The average molecular weight is 689 g/mol. The number of carbonyl (C=O) groups excluding carboxylic acids is 1. The smallest absolute Gasteiger partial charge is 0.341 e. The fourth-order valence-corrected chi connectivity index (χ4v) is 8.27. The maximum atomic E-state index is 14.2. The van der Waals surface area contributed by atoms with Crippen LogP contribution in [0.5, 0.6) is 0 Å². The van der Waals surface area contributed by atoms with Crippen molar-refractivity contribution in [2.45, 2.75) is 35.2 Å². The average Bonchev–Trinajstić information content (AvgIpc) is 3.56. The maximum absolute atomic E-state index is 14.2. The lowest BCUT2D eigenvalue weighted by Gasteiger charge is -2.19. The molecule has 15 heteroatoms. The van der Waals surface area contributed by atoms with Gasteiger partial charge in [0, 0.05) is 10.6 Å². The fraction of sp³-hybridized carbons (Fsp3) is 0.161. The number of rotatable bonds is 8. The summed E-state index contributed by atoms with van der Waals surface area (Å²) in [6.07, 6.45) is -5.12. The maximum Gasteiger partial charge on any atom is 0.417 e. The van der Waals surface area contributed by atoms with E-state index in [1.54, 1.807) is 42.5 Å². The lowest BCUT2D eigenvalue weighted by molar-refractivity contribution is -0.137. The lowest BCUT2D eigenvalue weighted by atomic mass is 9.99. The van der Waals surface area contributed by atoms with Gasteiger partial charge in [0.2, 0.25) is 26.0 Å².